The lowest BCUT2D eigenvalue weighted by atomic mass is 10.1. The number of aliphatic carboxylic acids is 1. The third-order valence-corrected chi connectivity index (χ3v) is 2.88. The molecule has 98 valence electrons. The number of nitrogens with one attached hydrogen (secondary N) is 1. The van der Waals surface area contributed by atoms with Crippen LogP contribution in [0.15, 0.2) is 24.3 Å². The summed E-state index contributed by atoms with van der Waals surface area (Å²) < 4.78 is 0. The van der Waals surface area contributed by atoms with Crippen molar-refractivity contribution in [2.75, 3.05) is 6.54 Å². The molecule has 2 N–H and O–H groups in total. The molecule has 0 saturated carbocycles. The van der Waals surface area contributed by atoms with Crippen LogP contribution in [0, 0.1) is 12.8 Å². The zero-order valence-corrected chi connectivity index (χ0v) is 10.8. The standard InChI is InChI=1S/C14H19NO3/c1-10-5-3-4-6-12(10)7-8-15-14(18)11(2)9-13(16)17/h3-6,11H,7-9H2,1-2H3,(H,15,18)(H,16,17). The molecule has 1 aromatic carbocycles. The molecule has 0 bridgehead atoms. The van der Waals surface area contributed by atoms with E-state index in [4.69, 9.17) is 5.11 Å². The predicted octanol–water partition coefficient (Wildman–Crippen LogP) is 1.76. The van der Waals surface area contributed by atoms with Crippen molar-refractivity contribution in [3.8, 4) is 0 Å². The Hall–Kier alpha value is -1.84. The van der Waals surface area contributed by atoms with Gasteiger partial charge in [0.2, 0.25) is 5.91 Å². The van der Waals surface area contributed by atoms with Crippen molar-refractivity contribution < 1.29 is 14.7 Å². The molecule has 0 heterocycles. The lowest BCUT2D eigenvalue weighted by Gasteiger charge is -2.11. The Morgan fingerprint density at radius 1 is 1.33 bits per heavy atom. The molecule has 4 nitrogen and oxygen atoms in total. The molecule has 0 aliphatic rings. The van der Waals surface area contributed by atoms with Crippen LogP contribution in [-0.2, 0) is 16.0 Å². The van der Waals surface area contributed by atoms with Gasteiger partial charge in [-0.15, -0.1) is 0 Å². The van der Waals surface area contributed by atoms with Crippen LogP contribution in [0.25, 0.3) is 0 Å². The third kappa shape index (κ3) is 4.57. The second kappa shape index (κ2) is 6.79. The van der Waals surface area contributed by atoms with Gasteiger partial charge in [0, 0.05) is 12.5 Å². The molecule has 0 spiro atoms. The van der Waals surface area contributed by atoms with E-state index >= 15 is 0 Å². The molecule has 0 radical (unpaired) electrons. The molecule has 0 saturated heterocycles. The maximum Gasteiger partial charge on any atom is 0.304 e. The number of carbonyl (C=O) groups is 2. The van der Waals surface area contributed by atoms with Gasteiger partial charge in [-0.2, -0.15) is 0 Å². The van der Waals surface area contributed by atoms with Gasteiger partial charge in [0.25, 0.3) is 0 Å². The molecule has 0 aliphatic heterocycles. The largest absolute Gasteiger partial charge is 0.481 e. The number of hydrogen-bond acceptors (Lipinski definition) is 2. The lowest BCUT2D eigenvalue weighted by molar-refractivity contribution is -0.140. The number of rotatable bonds is 6. The average Bonchev–Trinajstić information content (AvgIpc) is 2.30. The number of hydrogen-bond donors (Lipinski definition) is 2. The summed E-state index contributed by atoms with van der Waals surface area (Å²) in [5.74, 6) is -1.64. The van der Waals surface area contributed by atoms with E-state index in [9.17, 15) is 9.59 Å². The topological polar surface area (TPSA) is 66.4 Å². The minimum absolute atomic E-state index is 0.129. The summed E-state index contributed by atoms with van der Waals surface area (Å²) in [4.78, 5) is 22.1. The van der Waals surface area contributed by atoms with Crippen LogP contribution >= 0.6 is 0 Å². The second-order valence-electron chi connectivity index (χ2n) is 4.47. The van der Waals surface area contributed by atoms with Crippen molar-refractivity contribution in [1.29, 1.82) is 0 Å². The molecule has 1 amide bonds. The van der Waals surface area contributed by atoms with Crippen LogP contribution in [-0.4, -0.2) is 23.5 Å². The highest BCUT2D eigenvalue weighted by atomic mass is 16.4. The van der Waals surface area contributed by atoms with Crippen molar-refractivity contribution in [2.45, 2.75) is 26.7 Å². The summed E-state index contributed by atoms with van der Waals surface area (Å²) in [5, 5.41) is 11.4. The van der Waals surface area contributed by atoms with Crippen LogP contribution in [0.2, 0.25) is 0 Å². The fraction of sp³-hybridized carbons (Fsp3) is 0.429. The van der Waals surface area contributed by atoms with Gasteiger partial charge in [-0.05, 0) is 24.5 Å². The molecule has 18 heavy (non-hydrogen) atoms. The molecule has 0 aromatic heterocycles. The zero-order chi connectivity index (χ0) is 13.5. The maximum atomic E-state index is 11.6. The highest BCUT2D eigenvalue weighted by Gasteiger charge is 2.15. The molecule has 1 aromatic rings. The van der Waals surface area contributed by atoms with E-state index in [-0.39, 0.29) is 12.3 Å². The fourth-order valence-corrected chi connectivity index (χ4v) is 1.74. The van der Waals surface area contributed by atoms with Gasteiger partial charge >= 0.3 is 5.97 Å². The molecular weight excluding hydrogens is 230 g/mol. The Balaban J connectivity index is 2.36. The summed E-state index contributed by atoms with van der Waals surface area (Å²) >= 11 is 0. The molecular formula is C14H19NO3. The summed E-state index contributed by atoms with van der Waals surface area (Å²) in [6.07, 6.45) is 0.633. The van der Waals surface area contributed by atoms with E-state index < -0.39 is 11.9 Å². The van der Waals surface area contributed by atoms with E-state index in [1.165, 1.54) is 11.1 Å². The summed E-state index contributed by atoms with van der Waals surface area (Å²) in [5.41, 5.74) is 2.40. The molecule has 1 unspecified atom stereocenters. The number of carbonyl (C=O) groups excluding carboxylic acids is 1. The summed E-state index contributed by atoms with van der Waals surface area (Å²) in [6.45, 7) is 4.19. The quantitative estimate of drug-likeness (QED) is 0.807. The van der Waals surface area contributed by atoms with E-state index in [1.807, 2.05) is 31.2 Å². The SMILES string of the molecule is Cc1ccccc1CCNC(=O)C(C)CC(=O)O. The second-order valence-corrected chi connectivity index (χ2v) is 4.47. The van der Waals surface area contributed by atoms with Gasteiger partial charge in [-0.25, -0.2) is 0 Å². The van der Waals surface area contributed by atoms with Crippen LogP contribution in [0.4, 0.5) is 0 Å². The summed E-state index contributed by atoms with van der Waals surface area (Å²) in [6, 6.07) is 8.01. The fourth-order valence-electron chi connectivity index (χ4n) is 1.74. The van der Waals surface area contributed by atoms with Crippen molar-refractivity contribution in [3.05, 3.63) is 35.4 Å². The first-order chi connectivity index (χ1) is 8.50. The first kappa shape index (κ1) is 14.2. The smallest absolute Gasteiger partial charge is 0.304 e. The monoisotopic (exact) mass is 249 g/mol. The van der Waals surface area contributed by atoms with E-state index in [0.717, 1.165) is 6.42 Å². The normalized spacial score (nSPS) is 11.9. The molecule has 4 heteroatoms. The third-order valence-electron chi connectivity index (χ3n) is 2.88. The first-order valence-corrected chi connectivity index (χ1v) is 6.04. The highest BCUT2D eigenvalue weighted by molar-refractivity contribution is 5.82. The number of aryl methyl sites for hydroxylation is 1. The Labute approximate surface area is 107 Å². The Morgan fingerprint density at radius 3 is 2.61 bits per heavy atom. The Morgan fingerprint density at radius 2 is 2.00 bits per heavy atom. The van der Waals surface area contributed by atoms with Gasteiger partial charge in [0.1, 0.15) is 0 Å². The van der Waals surface area contributed by atoms with Crippen LogP contribution in [0.5, 0.6) is 0 Å². The number of carboxylic acid groups (broad SMARTS) is 1. The molecule has 1 atom stereocenters. The Bertz CT molecular complexity index is 429. The zero-order valence-electron chi connectivity index (χ0n) is 10.8. The number of carboxylic acids is 1. The van der Waals surface area contributed by atoms with Crippen LogP contribution in [0.3, 0.4) is 0 Å². The van der Waals surface area contributed by atoms with Crippen molar-refractivity contribution >= 4 is 11.9 Å². The van der Waals surface area contributed by atoms with E-state index in [0.29, 0.717) is 6.54 Å². The van der Waals surface area contributed by atoms with Gasteiger partial charge < -0.3 is 10.4 Å². The van der Waals surface area contributed by atoms with Gasteiger partial charge in [0.15, 0.2) is 0 Å². The van der Waals surface area contributed by atoms with E-state index in [2.05, 4.69) is 5.32 Å². The van der Waals surface area contributed by atoms with Crippen molar-refractivity contribution in [2.24, 2.45) is 5.92 Å². The maximum absolute atomic E-state index is 11.6. The molecule has 1 rings (SSSR count). The van der Waals surface area contributed by atoms with Gasteiger partial charge in [-0.1, -0.05) is 31.2 Å². The molecule has 0 aliphatic carbocycles. The van der Waals surface area contributed by atoms with Gasteiger partial charge in [-0.3, -0.25) is 9.59 Å². The van der Waals surface area contributed by atoms with Crippen LogP contribution in [0.1, 0.15) is 24.5 Å². The Kier molecular flexibility index (Phi) is 5.36. The first-order valence-electron chi connectivity index (χ1n) is 6.04. The summed E-state index contributed by atoms with van der Waals surface area (Å²) in [7, 11) is 0. The lowest BCUT2D eigenvalue weighted by Crippen LogP contribution is -2.32. The number of amides is 1. The van der Waals surface area contributed by atoms with E-state index in [1.54, 1.807) is 6.92 Å². The van der Waals surface area contributed by atoms with Crippen LogP contribution < -0.4 is 5.32 Å². The number of benzene rings is 1. The van der Waals surface area contributed by atoms with Crippen molar-refractivity contribution in [1.82, 2.24) is 5.32 Å². The van der Waals surface area contributed by atoms with Crippen molar-refractivity contribution in [3.63, 3.8) is 0 Å². The highest BCUT2D eigenvalue weighted by Crippen LogP contribution is 2.07. The molecule has 0 fully saturated rings. The van der Waals surface area contributed by atoms with Gasteiger partial charge in [0.05, 0.1) is 6.42 Å². The minimum atomic E-state index is -0.948. The predicted molar refractivity (Wildman–Crippen MR) is 69.3 cm³/mol. The minimum Gasteiger partial charge on any atom is -0.481 e. The average molecular weight is 249 g/mol.